The third-order valence-electron chi connectivity index (χ3n) is 2.64. The average molecular weight is 243 g/mol. The van der Waals surface area contributed by atoms with E-state index in [1.54, 1.807) is 0 Å². The summed E-state index contributed by atoms with van der Waals surface area (Å²) in [4.78, 5) is 0. The lowest BCUT2D eigenvalue weighted by atomic mass is 9.83. The minimum absolute atomic E-state index is 0.0879. The van der Waals surface area contributed by atoms with Crippen molar-refractivity contribution in [2.75, 3.05) is 5.73 Å². The molecule has 98 valence electrons. The molecule has 0 saturated heterocycles. The highest BCUT2D eigenvalue weighted by Gasteiger charge is 2.16. The first-order chi connectivity index (χ1) is 8.09. The summed E-state index contributed by atoms with van der Waals surface area (Å²) in [6, 6.07) is 6.07. The molecule has 2 N–H and O–H groups in total. The fourth-order valence-corrected chi connectivity index (χ4v) is 1.73. The number of hydrogen-bond acceptors (Lipinski definition) is 1. The van der Waals surface area contributed by atoms with E-state index < -0.39 is 0 Å². The molecule has 0 saturated carbocycles. The number of nitrogen functional groups attached to an aromatic ring is 1. The van der Waals surface area contributed by atoms with E-state index in [4.69, 9.17) is 5.73 Å². The van der Waals surface area contributed by atoms with E-state index in [-0.39, 0.29) is 10.8 Å². The predicted molar refractivity (Wildman–Crippen MR) is 81.6 cm³/mol. The van der Waals surface area contributed by atoms with Gasteiger partial charge in [-0.15, -0.1) is 5.73 Å². The van der Waals surface area contributed by atoms with E-state index in [1.807, 2.05) is 12.1 Å². The van der Waals surface area contributed by atoms with Gasteiger partial charge in [0.25, 0.3) is 0 Å². The lowest BCUT2D eigenvalue weighted by Crippen LogP contribution is -2.13. The summed E-state index contributed by atoms with van der Waals surface area (Å²) in [5.41, 5.74) is 12.7. The quantitative estimate of drug-likeness (QED) is 0.557. The van der Waals surface area contributed by atoms with Crippen LogP contribution in [-0.4, -0.2) is 0 Å². The number of hydrogen-bond donors (Lipinski definition) is 1. The van der Waals surface area contributed by atoms with Gasteiger partial charge >= 0.3 is 0 Å². The Labute approximate surface area is 111 Å². The Balaban J connectivity index is 3.22. The Morgan fingerprint density at radius 2 is 1.67 bits per heavy atom. The second-order valence-electron chi connectivity index (χ2n) is 6.92. The molecule has 0 heterocycles. The Hall–Kier alpha value is -1.46. The zero-order valence-corrected chi connectivity index (χ0v) is 12.5. The first-order valence-electron chi connectivity index (χ1n) is 6.43. The Bertz CT molecular complexity index is 475. The zero-order valence-electron chi connectivity index (χ0n) is 12.5. The summed E-state index contributed by atoms with van der Waals surface area (Å²) in [6.45, 7) is 13.1. The third-order valence-corrected chi connectivity index (χ3v) is 2.64. The molecule has 1 aromatic rings. The molecule has 0 fully saturated rings. The highest BCUT2D eigenvalue weighted by atomic mass is 14.5. The standard InChI is InChI=1S/C17H25N/c1-16(2,3)11-7-8-13-9-10-14(18)12-15(13)17(4,5)6/h8-12H,18H2,1-6H3. The summed E-state index contributed by atoms with van der Waals surface area (Å²) in [7, 11) is 0. The molecular weight excluding hydrogens is 218 g/mol. The van der Waals surface area contributed by atoms with Crippen LogP contribution in [0.25, 0.3) is 6.08 Å². The van der Waals surface area contributed by atoms with Crippen LogP contribution < -0.4 is 5.73 Å². The second kappa shape index (κ2) is 5.04. The Kier molecular flexibility index (Phi) is 4.09. The van der Waals surface area contributed by atoms with Crippen LogP contribution >= 0.6 is 0 Å². The monoisotopic (exact) mass is 243 g/mol. The van der Waals surface area contributed by atoms with E-state index >= 15 is 0 Å². The minimum Gasteiger partial charge on any atom is -0.399 e. The fourth-order valence-electron chi connectivity index (χ4n) is 1.73. The molecule has 0 aliphatic heterocycles. The van der Waals surface area contributed by atoms with Crippen LogP contribution in [0.15, 0.2) is 30.0 Å². The van der Waals surface area contributed by atoms with Gasteiger partial charge in [0.2, 0.25) is 0 Å². The first-order valence-corrected chi connectivity index (χ1v) is 6.43. The Morgan fingerprint density at radius 3 is 2.17 bits per heavy atom. The molecule has 0 spiro atoms. The van der Waals surface area contributed by atoms with Crippen molar-refractivity contribution in [3.63, 3.8) is 0 Å². The number of benzene rings is 1. The number of allylic oxidation sites excluding steroid dienone is 1. The molecule has 18 heavy (non-hydrogen) atoms. The molecule has 0 unspecified atom stereocenters. The molecule has 1 rings (SSSR count). The number of rotatable bonds is 1. The van der Waals surface area contributed by atoms with Crippen LogP contribution in [0.2, 0.25) is 0 Å². The normalized spacial score (nSPS) is 11.9. The SMILES string of the molecule is CC(C)(C)C=C=Cc1ccc(N)cc1C(C)(C)C. The van der Waals surface area contributed by atoms with Crippen LogP contribution in [0, 0.1) is 5.41 Å². The van der Waals surface area contributed by atoms with Gasteiger partial charge in [0.1, 0.15) is 0 Å². The van der Waals surface area contributed by atoms with Crippen molar-refractivity contribution in [2.24, 2.45) is 5.41 Å². The van der Waals surface area contributed by atoms with E-state index in [9.17, 15) is 0 Å². The van der Waals surface area contributed by atoms with Gasteiger partial charge in [0.05, 0.1) is 0 Å². The van der Waals surface area contributed by atoms with Gasteiger partial charge in [-0.25, -0.2) is 0 Å². The average Bonchev–Trinajstić information content (AvgIpc) is 2.17. The molecular formula is C17H25N. The maximum atomic E-state index is 5.88. The molecule has 0 aliphatic carbocycles. The van der Waals surface area contributed by atoms with Crippen molar-refractivity contribution in [1.29, 1.82) is 0 Å². The topological polar surface area (TPSA) is 26.0 Å². The van der Waals surface area contributed by atoms with Gasteiger partial charge in [0, 0.05) is 5.69 Å². The summed E-state index contributed by atoms with van der Waals surface area (Å²) in [6.07, 6.45) is 4.14. The van der Waals surface area contributed by atoms with E-state index in [1.165, 1.54) is 11.1 Å². The summed E-state index contributed by atoms with van der Waals surface area (Å²) >= 11 is 0. The molecule has 0 amide bonds. The van der Waals surface area contributed by atoms with Crippen molar-refractivity contribution in [2.45, 2.75) is 47.0 Å². The summed E-state index contributed by atoms with van der Waals surface area (Å²) in [5.74, 6) is 0. The predicted octanol–water partition coefficient (Wildman–Crippen LogP) is 4.78. The van der Waals surface area contributed by atoms with Crippen molar-refractivity contribution in [3.8, 4) is 0 Å². The van der Waals surface area contributed by atoms with E-state index in [2.05, 4.69) is 65.5 Å². The second-order valence-corrected chi connectivity index (χ2v) is 6.92. The molecule has 0 radical (unpaired) electrons. The van der Waals surface area contributed by atoms with Gasteiger partial charge in [-0.2, -0.15) is 0 Å². The largest absolute Gasteiger partial charge is 0.399 e. The molecule has 1 aromatic carbocycles. The fraction of sp³-hybridized carbons (Fsp3) is 0.471. The molecule has 0 aliphatic rings. The smallest absolute Gasteiger partial charge is 0.0317 e. The molecule has 0 atom stereocenters. The van der Waals surface area contributed by atoms with Gasteiger partial charge < -0.3 is 5.73 Å². The summed E-state index contributed by atoms with van der Waals surface area (Å²) in [5, 5.41) is 0. The van der Waals surface area contributed by atoms with Gasteiger partial charge in [-0.05, 0) is 46.2 Å². The number of anilines is 1. The van der Waals surface area contributed by atoms with E-state index in [0.717, 1.165) is 5.69 Å². The summed E-state index contributed by atoms with van der Waals surface area (Å²) < 4.78 is 0. The van der Waals surface area contributed by atoms with Crippen LogP contribution in [-0.2, 0) is 5.41 Å². The van der Waals surface area contributed by atoms with Crippen molar-refractivity contribution in [1.82, 2.24) is 0 Å². The van der Waals surface area contributed by atoms with E-state index in [0.29, 0.717) is 0 Å². The highest BCUT2D eigenvalue weighted by Crippen LogP contribution is 2.28. The lowest BCUT2D eigenvalue weighted by molar-refractivity contribution is 0.545. The van der Waals surface area contributed by atoms with Crippen molar-refractivity contribution >= 4 is 11.8 Å². The van der Waals surface area contributed by atoms with Crippen LogP contribution in [0.5, 0.6) is 0 Å². The number of nitrogens with two attached hydrogens (primary N) is 1. The van der Waals surface area contributed by atoms with Gasteiger partial charge in [-0.3, -0.25) is 0 Å². The minimum atomic E-state index is 0.0879. The maximum absolute atomic E-state index is 5.88. The molecule has 0 aromatic heterocycles. The zero-order chi connectivity index (χ0) is 14.0. The lowest BCUT2D eigenvalue weighted by Gasteiger charge is -2.22. The van der Waals surface area contributed by atoms with Crippen LogP contribution in [0.3, 0.4) is 0 Å². The van der Waals surface area contributed by atoms with Crippen molar-refractivity contribution in [3.05, 3.63) is 41.1 Å². The van der Waals surface area contributed by atoms with Crippen molar-refractivity contribution < 1.29 is 0 Å². The molecule has 1 heteroatoms. The van der Waals surface area contributed by atoms with Gasteiger partial charge in [-0.1, -0.05) is 47.6 Å². The first kappa shape index (κ1) is 14.6. The Morgan fingerprint density at radius 1 is 1.06 bits per heavy atom. The third kappa shape index (κ3) is 4.43. The maximum Gasteiger partial charge on any atom is 0.0317 e. The highest BCUT2D eigenvalue weighted by molar-refractivity contribution is 5.60. The van der Waals surface area contributed by atoms with Gasteiger partial charge in [0.15, 0.2) is 0 Å². The molecule has 0 bridgehead atoms. The van der Waals surface area contributed by atoms with Crippen LogP contribution in [0.4, 0.5) is 5.69 Å². The van der Waals surface area contributed by atoms with Crippen LogP contribution in [0.1, 0.15) is 52.7 Å². The molecule has 1 nitrogen and oxygen atoms in total.